The van der Waals surface area contributed by atoms with E-state index in [1.165, 1.54) is 11.3 Å². The van der Waals surface area contributed by atoms with Crippen LogP contribution < -0.4 is 0 Å². The van der Waals surface area contributed by atoms with E-state index in [1.807, 2.05) is 20.8 Å². The Labute approximate surface area is 102 Å². The maximum absolute atomic E-state index is 11.9. The normalized spacial score (nSPS) is 29.1. The fraction of sp³-hybridized carbons (Fsp3) is 0.846. The van der Waals surface area contributed by atoms with Crippen LogP contribution in [0.4, 0.5) is 4.79 Å². The molecule has 1 aliphatic carbocycles. The lowest BCUT2D eigenvalue weighted by Crippen LogP contribution is -2.63. The van der Waals surface area contributed by atoms with Gasteiger partial charge in [0.15, 0.2) is 0 Å². The summed E-state index contributed by atoms with van der Waals surface area (Å²) in [6.45, 7) is 5.46. The Bertz CT molecular complexity index is 332. The first kappa shape index (κ1) is 12.4. The molecule has 4 heteroatoms. The van der Waals surface area contributed by atoms with Crippen LogP contribution in [0.2, 0.25) is 0 Å². The topological polar surface area (TPSA) is 46.6 Å². The van der Waals surface area contributed by atoms with Gasteiger partial charge in [-0.3, -0.25) is 4.79 Å². The van der Waals surface area contributed by atoms with E-state index in [9.17, 15) is 9.59 Å². The van der Waals surface area contributed by atoms with Crippen LogP contribution in [-0.2, 0) is 9.53 Å². The van der Waals surface area contributed by atoms with E-state index in [-0.39, 0.29) is 17.9 Å². The molecule has 0 aromatic carbocycles. The molecule has 0 aromatic rings. The lowest BCUT2D eigenvalue weighted by molar-refractivity contribution is -0.154. The van der Waals surface area contributed by atoms with Gasteiger partial charge in [-0.05, 0) is 33.6 Å². The standard InChI is InChI=1S/C13H21NO3/c1-13(2,3)17-12(16)14-10-8-6-4-5-7-9(10)11(14)15/h9-10H,4-8H2,1-3H3/t9-,10-/m0/s1. The zero-order valence-corrected chi connectivity index (χ0v) is 10.9. The minimum atomic E-state index is -0.535. The molecular weight excluding hydrogens is 218 g/mol. The van der Waals surface area contributed by atoms with E-state index in [4.69, 9.17) is 4.74 Å². The van der Waals surface area contributed by atoms with Gasteiger partial charge in [0.05, 0.1) is 12.0 Å². The molecule has 1 saturated heterocycles. The first-order valence-electron chi connectivity index (χ1n) is 6.46. The van der Waals surface area contributed by atoms with Gasteiger partial charge in [0.1, 0.15) is 5.60 Å². The van der Waals surface area contributed by atoms with Crippen LogP contribution in [0.15, 0.2) is 0 Å². The highest BCUT2D eigenvalue weighted by atomic mass is 16.6. The third-order valence-electron chi connectivity index (χ3n) is 3.46. The van der Waals surface area contributed by atoms with Crippen molar-refractivity contribution in [3.63, 3.8) is 0 Å². The summed E-state index contributed by atoms with van der Waals surface area (Å²) < 4.78 is 5.27. The number of imide groups is 1. The molecule has 0 unspecified atom stereocenters. The predicted molar refractivity (Wildman–Crippen MR) is 63.4 cm³/mol. The van der Waals surface area contributed by atoms with Crippen LogP contribution >= 0.6 is 0 Å². The summed E-state index contributed by atoms with van der Waals surface area (Å²) in [5.74, 6) is 0.0381. The molecule has 0 spiro atoms. The van der Waals surface area contributed by atoms with Crippen LogP contribution in [0.5, 0.6) is 0 Å². The quantitative estimate of drug-likeness (QED) is 0.611. The fourth-order valence-corrected chi connectivity index (χ4v) is 2.68. The summed E-state index contributed by atoms with van der Waals surface area (Å²) >= 11 is 0. The second-order valence-electron chi connectivity index (χ2n) is 6.00. The molecule has 96 valence electrons. The number of hydrogen-bond donors (Lipinski definition) is 0. The molecule has 2 amide bonds. The number of likely N-dealkylation sites (tertiary alicyclic amines) is 1. The zero-order valence-electron chi connectivity index (χ0n) is 10.9. The molecule has 2 aliphatic rings. The van der Waals surface area contributed by atoms with Gasteiger partial charge >= 0.3 is 6.09 Å². The van der Waals surface area contributed by atoms with E-state index >= 15 is 0 Å². The summed E-state index contributed by atoms with van der Waals surface area (Å²) in [7, 11) is 0. The van der Waals surface area contributed by atoms with Crippen molar-refractivity contribution < 1.29 is 14.3 Å². The third kappa shape index (κ3) is 2.45. The molecule has 2 atom stereocenters. The average molecular weight is 239 g/mol. The second kappa shape index (κ2) is 4.31. The smallest absolute Gasteiger partial charge is 0.417 e. The van der Waals surface area contributed by atoms with Crippen LogP contribution in [-0.4, -0.2) is 28.5 Å². The van der Waals surface area contributed by atoms with E-state index in [0.29, 0.717) is 0 Å². The predicted octanol–water partition coefficient (Wildman–Crippen LogP) is 2.71. The summed E-state index contributed by atoms with van der Waals surface area (Å²) in [6, 6.07) is 0.0971. The van der Waals surface area contributed by atoms with Gasteiger partial charge in [-0.1, -0.05) is 19.3 Å². The molecule has 0 N–H and O–H groups in total. The van der Waals surface area contributed by atoms with E-state index in [1.54, 1.807) is 0 Å². The van der Waals surface area contributed by atoms with Gasteiger partial charge in [0, 0.05) is 0 Å². The average Bonchev–Trinajstić information content (AvgIpc) is 2.37. The number of rotatable bonds is 0. The number of carbonyl (C=O) groups excluding carboxylic acids is 2. The van der Waals surface area contributed by atoms with Crippen molar-refractivity contribution in [2.75, 3.05) is 0 Å². The number of nitrogens with zero attached hydrogens (tertiary/aromatic N) is 1. The van der Waals surface area contributed by atoms with Gasteiger partial charge in [0.25, 0.3) is 0 Å². The number of carbonyl (C=O) groups is 2. The highest BCUT2D eigenvalue weighted by Crippen LogP contribution is 2.38. The van der Waals surface area contributed by atoms with Crippen LogP contribution in [0, 0.1) is 5.92 Å². The zero-order chi connectivity index (χ0) is 12.6. The maximum Gasteiger partial charge on any atom is 0.417 e. The number of fused-ring (bicyclic) bond motifs is 1. The Kier molecular flexibility index (Phi) is 3.15. The fourth-order valence-electron chi connectivity index (χ4n) is 2.68. The van der Waals surface area contributed by atoms with Crippen molar-refractivity contribution in [3.8, 4) is 0 Å². The molecule has 1 saturated carbocycles. The number of ether oxygens (including phenoxy) is 1. The Morgan fingerprint density at radius 3 is 2.53 bits per heavy atom. The van der Waals surface area contributed by atoms with Gasteiger partial charge < -0.3 is 4.74 Å². The third-order valence-corrected chi connectivity index (χ3v) is 3.46. The lowest BCUT2D eigenvalue weighted by atomic mass is 9.84. The molecule has 2 rings (SSSR count). The van der Waals surface area contributed by atoms with Crippen LogP contribution in [0.3, 0.4) is 0 Å². The molecule has 1 heterocycles. The van der Waals surface area contributed by atoms with Crippen molar-refractivity contribution in [2.24, 2.45) is 5.92 Å². The molecule has 1 aliphatic heterocycles. The highest BCUT2D eigenvalue weighted by molar-refractivity contribution is 5.99. The summed E-state index contributed by atoms with van der Waals surface area (Å²) in [5, 5.41) is 0. The van der Waals surface area contributed by atoms with Gasteiger partial charge in [-0.25, -0.2) is 9.69 Å². The molecular formula is C13H21NO3. The first-order valence-corrected chi connectivity index (χ1v) is 6.46. The summed E-state index contributed by atoms with van der Waals surface area (Å²) in [5.41, 5.74) is -0.535. The van der Waals surface area contributed by atoms with Crippen LogP contribution in [0.1, 0.15) is 52.9 Å². The first-order chi connectivity index (χ1) is 7.90. The number of β-lactam (4-membered cyclic amide) rings is 1. The SMILES string of the molecule is CC(C)(C)OC(=O)N1C(=O)[C@H]2CCCCC[C@@H]21. The Balaban J connectivity index is 2.02. The monoisotopic (exact) mass is 239 g/mol. The molecule has 0 radical (unpaired) electrons. The lowest BCUT2D eigenvalue weighted by Gasteiger charge is -2.45. The molecule has 4 nitrogen and oxygen atoms in total. The van der Waals surface area contributed by atoms with Gasteiger partial charge in [-0.2, -0.15) is 0 Å². The number of hydrogen-bond acceptors (Lipinski definition) is 3. The Morgan fingerprint density at radius 2 is 1.88 bits per heavy atom. The molecule has 17 heavy (non-hydrogen) atoms. The van der Waals surface area contributed by atoms with Crippen molar-refractivity contribution >= 4 is 12.0 Å². The van der Waals surface area contributed by atoms with Crippen molar-refractivity contribution in [2.45, 2.75) is 64.5 Å². The second-order valence-corrected chi connectivity index (χ2v) is 6.00. The Hall–Kier alpha value is -1.06. The molecule has 0 bridgehead atoms. The van der Waals surface area contributed by atoms with E-state index < -0.39 is 11.7 Å². The summed E-state index contributed by atoms with van der Waals surface area (Å²) in [4.78, 5) is 25.1. The highest BCUT2D eigenvalue weighted by Gasteiger charge is 2.51. The van der Waals surface area contributed by atoms with Crippen LogP contribution in [0.25, 0.3) is 0 Å². The van der Waals surface area contributed by atoms with Crippen molar-refractivity contribution in [1.82, 2.24) is 4.90 Å². The molecule has 0 aromatic heterocycles. The van der Waals surface area contributed by atoms with E-state index in [0.717, 1.165) is 25.7 Å². The van der Waals surface area contributed by atoms with Gasteiger partial charge in [0.2, 0.25) is 5.91 Å². The molecule has 2 fully saturated rings. The minimum absolute atomic E-state index is 0.0360. The minimum Gasteiger partial charge on any atom is -0.443 e. The Morgan fingerprint density at radius 1 is 1.24 bits per heavy atom. The maximum atomic E-state index is 11.9. The van der Waals surface area contributed by atoms with Gasteiger partial charge in [-0.15, -0.1) is 0 Å². The van der Waals surface area contributed by atoms with Crippen molar-refractivity contribution in [3.05, 3.63) is 0 Å². The van der Waals surface area contributed by atoms with Crippen molar-refractivity contribution in [1.29, 1.82) is 0 Å². The summed E-state index contributed by atoms with van der Waals surface area (Å²) in [6.07, 6.45) is 4.79. The largest absolute Gasteiger partial charge is 0.443 e. The van der Waals surface area contributed by atoms with E-state index in [2.05, 4.69) is 0 Å². The number of amides is 2.